The van der Waals surface area contributed by atoms with Crippen LogP contribution in [0.1, 0.15) is 25.8 Å². The molecular weight excluding hydrogens is 252 g/mol. The molecule has 20 heavy (non-hydrogen) atoms. The second-order valence-corrected chi connectivity index (χ2v) is 4.79. The lowest BCUT2D eigenvalue weighted by atomic mass is 10.2. The van der Waals surface area contributed by atoms with Crippen LogP contribution in [0.5, 0.6) is 0 Å². The zero-order chi connectivity index (χ0) is 14.4. The molecule has 2 N–H and O–H groups in total. The number of hydrogen-bond donors (Lipinski definition) is 2. The quantitative estimate of drug-likeness (QED) is 0.755. The minimum absolute atomic E-state index is 0.0168. The van der Waals surface area contributed by atoms with Crippen LogP contribution in [-0.2, 0) is 17.9 Å². The van der Waals surface area contributed by atoms with Gasteiger partial charge >= 0.3 is 0 Å². The van der Waals surface area contributed by atoms with E-state index in [0.29, 0.717) is 13.1 Å². The number of rotatable bonds is 7. The maximum Gasteiger partial charge on any atom is 0.239 e. The van der Waals surface area contributed by atoms with Gasteiger partial charge in [0.15, 0.2) is 0 Å². The number of hydrogen-bond acceptors (Lipinski definition) is 3. The third-order valence-electron chi connectivity index (χ3n) is 3.15. The molecule has 5 nitrogen and oxygen atoms in total. The highest BCUT2D eigenvalue weighted by molar-refractivity contribution is 5.83. The van der Waals surface area contributed by atoms with Crippen molar-refractivity contribution in [2.75, 3.05) is 13.1 Å². The molecule has 0 fully saturated rings. The molecule has 2 aromatic heterocycles. The van der Waals surface area contributed by atoms with Gasteiger partial charge in [0, 0.05) is 30.9 Å². The first-order valence-corrected chi connectivity index (χ1v) is 7.16. The fourth-order valence-corrected chi connectivity index (χ4v) is 2.26. The summed E-state index contributed by atoms with van der Waals surface area (Å²) in [6, 6.07) is 3.99. The Morgan fingerprint density at radius 2 is 2.25 bits per heavy atom. The number of nitrogens with zero attached hydrogens (tertiary/aromatic N) is 2. The summed E-state index contributed by atoms with van der Waals surface area (Å²) in [5.74, 6) is 0.0168. The van der Waals surface area contributed by atoms with Crippen LogP contribution in [0.4, 0.5) is 0 Å². The van der Waals surface area contributed by atoms with E-state index in [-0.39, 0.29) is 5.91 Å². The molecule has 5 heteroatoms. The molecule has 2 aromatic rings. The Labute approximate surface area is 119 Å². The van der Waals surface area contributed by atoms with Gasteiger partial charge in [-0.2, -0.15) is 0 Å². The molecule has 2 rings (SSSR count). The van der Waals surface area contributed by atoms with Crippen molar-refractivity contribution in [3.8, 4) is 0 Å². The number of carbonyl (C=O) groups excluding carboxylic acids is 1. The molecule has 0 spiro atoms. The van der Waals surface area contributed by atoms with E-state index in [1.807, 2.05) is 23.8 Å². The van der Waals surface area contributed by atoms with Crippen LogP contribution < -0.4 is 10.6 Å². The van der Waals surface area contributed by atoms with E-state index in [2.05, 4.69) is 28.6 Å². The molecule has 0 saturated carbocycles. The van der Waals surface area contributed by atoms with E-state index in [1.54, 1.807) is 6.20 Å². The molecular formula is C15H22N4O. The largest absolute Gasteiger partial charge is 0.355 e. The molecule has 0 saturated heterocycles. The minimum Gasteiger partial charge on any atom is -0.355 e. The fraction of sp³-hybridized carbons (Fsp3) is 0.467. The van der Waals surface area contributed by atoms with Gasteiger partial charge in [-0.3, -0.25) is 4.79 Å². The van der Waals surface area contributed by atoms with Gasteiger partial charge in [-0.1, -0.05) is 6.92 Å². The van der Waals surface area contributed by atoms with Crippen molar-refractivity contribution >= 4 is 16.9 Å². The van der Waals surface area contributed by atoms with Crippen molar-refractivity contribution in [3.63, 3.8) is 0 Å². The maximum absolute atomic E-state index is 11.8. The van der Waals surface area contributed by atoms with Crippen LogP contribution >= 0.6 is 0 Å². The predicted octanol–water partition coefficient (Wildman–Crippen LogP) is 1.67. The van der Waals surface area contributed by atoms with Crippen molar-refractivity contribution in [2.24, 2.45) is 0 Å². The lowest BCUT2D eigenvalue weighted by molar-refractivity contribution is -0.121. The Hall–Kier alpha value is -1.88. The molecule has 108 valence electrons. The molecule has 0 aliphatic heterocycles. The first-order valence-electron chi connectivity index (χ1n) is 7.16. The first kappa shape index (κ1) is 14.5. The van der Waals surface area contributed by atoms with Crippen molar-refractivity contribution in [1.29, 1.82) is 0 Å². The van der Waals surface area contributed by atoms with E-state index < -0.39 is 0 Å². The van der Waals surface area contributed by atoms with E-state index in [9.17, 15) is 4.79 Å². The highest BCUT2D eigenvalue weighted by Gasteiger charge is 2.11. The van der Waals surface area contributed by atoms with Gasteiger partial charge in [0.25, 0.3) is 0 Å². The summed E-state index contributed by atoms with van der Waals surface area (Å²) < 4.78 is 1.92. The molecule has 0 radical (unpaired) electrons. The first-order chi connectivity index (χ1) is 9.76. The summed E-state index contributed by atoms with van der Waals surface area (Å²) in [6.45, 7) is 6.82. The molecule has 2 heterocycles. The lowest BCUT2D eigenvalue weighted by Crippen LogP contribution is -2.26. The van der Waals surface area contributed by atoms with Gasteiger partial charge in [-0.25, -0.2) is 4.98 Å². The van der Waals surface area contributed by atoms with Crippen molar-refractivity contribution < 1.29 is 4.79 Å². The van der Waals surface area contributed by atoms with Crippen LogP contribution in [-0.4, -0.2) is 28.5 Å². The highest BCUT2D eigenvalue weighted by Crippen LogP contribution is 2.19. The monoisotopic (exact) mass is 274 g/mol. The van der Waals surface area contributed by atoms with Crippen molar-refractivity contribution in [3.05, 3.63) is 30.1 Å². The summed E-state index contributed by atoms with van der Waals surface area (Å²) in [6.07, 6.45) is 4.89. The van der Waals surface area contributed by atoms with Gasteiger partial charge < -0.3 is 15.2 Å². The van der Waals surface area contributed by atoms with E-state index in [4.69, 9.17) is 0 Å². The normalized spacial score (nSPS) is 10.9. The zero-order valence-corrected chi connectivity index (χ0v) is 12.1. The predicted molar refractivity (Wildman–Crippen MR) is 80.4 cm³/mol. The summed E-state index contributed by atoms with van der Waals surface area (Å²) in [4.78, 5) is 16.1. The van der Waals surface area contributed by atoms with Crippen LogP contribution in [0.15, 0.2) is 24.5 Å². The van der Waals surface area contributed by atoms with E-state index >= 15 is 0 Å². The SMILES string of the molecule is CCCNCc1cn(CC(=O)NCC)c2ncccc12. The number of nitrogens with one attached hydrogen (secondary N) is 2. The van der Waals surface area contributed by atoms with Crippen LogP contribution in [0.3, 0.4) is 0 Å². The smallest absolute Gasteiger partial charge is 0.239 e. The Bertz CT molecular complexity index is 576. The summed E-state index contributed by atoms with van der Waals surface area (Å²) in [5, 5.41) is 7.32. The van der Waals surface area contributed by atoms with Crippen molar-refractivity contribution in [1.82, 2.24) is 20.2 Å². The molecule has 0 bridgehead atoms. The molecule has 0 atom stereocenters. The second kappa shape index (κ2) is 7.05. The lowest BCUT2D eigenvalue weighted by Gasteiger charge is -2.04. The maximum atomic E-state index is 11.8. The summed E-state index contributed by atoms with van der Waals surface area (Å²) in [5.41, 5.74) is 2.05. The Morgan fingerprint density at radius 1 is 1.40 bits per heavy atom. The summed E-state index contributed by atoms with van der Waals surface area (Å²) >= 11 is 0. The molecule has 1 amide bonds. The topological polar surface area (TPSA) is 59.0 Å². The van der Waals surface area contributed by atoms with E-state index in [1.165, 1.54) is 5.56 Å². The van der Waals surface area contributed by atoms with Crippen molar-refractivity contribution in [2.45, 2.75) is 33.4 Å². The molecule has 0 aliphatic carbocycles. The van der Waals surface area contributed by atoms with Crippen LogP contribution in [0.2, 0.25) is 0 Å². The third kappa shape index (κ3) is 3.36. The number of pyridine rings is 1. The highest BCUT2D eigenvalue weighted by atomic mass is 16.1. The average Bonchev–Trinajstić information content (AvgIpc) is 2.78. The fourth-order valence-electron chi connectivity index (χ4n) is 2.26. The minimum atomic E-state index is 0.0168. The zero-order valence-electron chi connectivity index (χ0n) is 12.1. The number of amides is 1. The number of carbonyl (C=O) groups is 1. The standard InChI is InChI=1S/C15H22N4O/c1-3-7-16-9-12-10-19(11-14(20)17-4-2)15-13(12)6-5-8-18-15/h5-6,8,10,16H,3-4,7,9,11H2,1-2H3,(H,17,20). The van der Waals surface area contributed by atoms with Gasteiger partial charge in [0.1, 0.15) is 12.2 Å². The average molecular weight is 274 g/mol. The Balaban J connectivity index is 2.23. The number of fused-ring (bicyclic) bond motifs is 1. The van der Waals surface area contributed by atoms with Crippen LogP contribution in [0, 0.1) is 0 Å². The van der Waals surface area contributed by atoms with Gasteiger partial charge in [0.05, 0.1) is 0 Å². The van der Waals surface area contributed by atoms with Crippen LogP contribution in [0.25, 0.3) is 11.0 Å². The summed E-state index contributed by atoms with van der Waals surface area (Å²) in [7, 11) is 0. The molecule has 0 aromatic carbocycles. The number of aromatic nitrogens is 2. The van der Waals surface area contributed by atoms with Gasteiger partial charge in [-0.15, -0.1) is 0 Å². The Kier molecular flexibility index (Phi) is 5.12. The van der Waals surface area contributed by atoms with E-state index in [0.717, 1.165) is 30.5 Å². The molecule has 0 aliphatic rings. The Morgan fingerprint density at radius 3 is 3.00 bits per heavy atom. The molecule has 0 unspecified atom stereocenters. The van der Waals surface area contributed by atoms with Gasteiger partial charge in [-0.05, 0) is 37.6 Å². The second-order valence-electron chi connectivity index (χ2n) is 4.79. The third-order valence-corrected chi connectivity index (χ3v) is 3.15. The number of likely N-dealkylation sites (N-methyl/N-ethyl adjacent to an activating group) is 1. The van der Waals surface area contributed by atoms with Gasteiger partial charge in [0.2, 0.25) is 5.91 Å².